The Kier molecular flexibility index (Phi) is 5.81. The van der Waals surface area contributed by atoms with Crippen LogP contribution in [0, 0.1) is 0 Å². The molecule has 1 fully saturated rings. The number of nitrogens with zero attached hydrogens (tertiary/aromatic N) is 2. The normalized spacial score (nSPS) is 18.3. The number of aromatic nitrogens is 2. The van der Waals surface area contributed by atoms with Gasteiger partial charge in [0.1, 0.15) is 11.3 Å². The summed E-state index contributed by atoms with van der Waals surface area (Å²) in [5.74, 6) is -0.581. The van der Waals surface area contributed by atoms with Crippen LogP contribution in [0.4, 0.5) is 4.79 Å². The number of carbonyl (C=O) groups is 2. The maximum absolute atomic E-state index is 12.9. The van der Waals surface area contributed by atoms with Crippen molar-refractivity contribution in [3.8, 4) is 0 Å². The summed E-state index contributed by atoms with van der Waals surface area (Å²) in [6, 6.07) is 9.36. The summed E-state index contributed by atoms with van der Waals surface area (Å²) in [6.07, 6.45) is 2.97. The second-order valence-corrected chi connectivity index (χ2v) is 9.69. The molecule has 7 heteroatoms. The van der Waals surface area contributed by atoms with Crippen molar-refractivity contribution in [2.75, 3.05) is 6.61 Å². The number of benzene rings is 1. The van der Waals surface area contributed by atoms with Crippen LogP contribution in [-0.2, 0) is 14.2 Å². The Morgan fingerprint density at radius 2 is 1.94 bits per heavy atom. The Labute approximate surface area is 187 Å². The zero-order valence-electron chi connectivity index (χ0n) is 19.3. The number of Topliss-reactive ketones (excluding diaryl/α,β-unsaturated/α-hetero) is 1. The van der Waals surface area contributed by atoms with Gasteiger partial charge < -0.3 is 14.2 Å². The van der Waals surface area contributed by atoms with Crippen LogP contribution < -0.4 is 0 Å². The highest BCUT2D eigenvalue weighted by atomic mass is 16.7. The Morgan fingerprint density at radius 1 is 1.19 bits per heavy atom. The summed E-state index contributed by atoms with van der Waals surface area (Å²) in [5, 5.41) is 1.68. The summed E-state index contributed by atoms with van der Waals surface area (Å²) < 4.78 is 18.5. The van der Waals surface area contributed by atoms with Crippen LogP contribution in [0.5, 0.6) is 0 Å². The van der Waals surface area contributed by atoms with Gasteiger partial charge in [0, 0.05) is 17.2 Å². The van der Waals surface area contributed by atoms with Crippen molar-refractivity contribution in [3.05, 3.63) is 42.2 Å². The summed E-state index contributed by atoms with van der Waals surface area (Å²) in [4.78, 5) is 30.1. The highest BCUT2D eigenvalue weighted by Crippen LogP contribution is 2.30. The van der Waals surface area contributed by atoms with Crippen molar-refractivity contribution in [3.63, 3.8) is 0 Å². The molecular weight excluding hydrogens is 408 g/mol. The minimum Gasteiger partial charge on any atom is -0.443 e. The van der Waals surface area contributed by atoms with Gasteiger partial charge in [-0.2, -0.15) is 0 Å². The summed E-state index contributed by atoms with van der Waals surface area (Å²) in [5.41, 5.74) is 1.12. The largest absolute Gasteiger partial charge is 0.443 e. The third-order valence-electron chi connectivity index (χ3n) is 5.42. The smallest absolute Gasteiger partial charge is 0.419 e. The maximum atomic E-state index is 12.9. The topological polar surface area (TPSA) is 79.7 Å². The van der Waals surface area contributed by atoms with Crippen LogP contribution >= 0.6 is 0 Å². The van der Waals surface area contributed by atoms with Crippen molar-refractivity contribution >= 4 is 33.7 Å². The van der Waals surface area contributed by atoms with Gasteiger partial charge in [0.2, 0.25) is 0 Å². The number of pyridine rings is 1. The van der Waals surface area contributed by atoms with E-state index in [2.05, 4.69) is 4.98 Å². The minimum absolute atomic E-state index is 0.0139. The van der Waals surface area contributed by atoms with Gasteiger partial charge in [-0.1, -0.05) is 18.2 Å². The van der Waals surface area contributed by atoms with E-state index in [0.717, 1.165) is 22.7 Å². The molecule has 0 saturated carbocycles. The first kappa shape index (κ1) is 22.4. The lowest BCUT2D eigenvalue weighted by molar-refractivity contribution is -0.139. The molecule has 7 nitrogen and oxygen atoms in total. The van der Waals surface area contributed by atoms with Crippen molar-refractivity contribution in [1.82, 2.24) is 9.55 Å². The lowest BCUT2D eigenvalue weighted by atomic mass is 10.1. The summed E-state index contributed by atoms with van der Waals surface area (Å²) >= 11 is 0. The van der Waals surface area contributed by atoms with Gasteiger partial charge in [0.05, 0.1) is 29.9 Å². The highest BCUT2D eigenvalue weighted by Gasteiger charge is 2.32. The quantitative estimate of drug-likeness (QED) is 0.491. The number of carbonyl (C=O) groups excluding carboxylic acids is 2. The third-order valence-corrected chi connectivity index (χ3v) is 5.42. The van der Waals surface area contributed by atoms with Crippen LogP contribution in [0.15, 0.2) is 36.5 Å². The average molecular weight is 439 g/mol. The second kappa shape index (κ2) is 8.30. The highest BCUT2D eigenvalue weighted by molar-refractivity contribution is 6.13. The number of hydrogen-bond acceptors (Lipinski definition) is 6. The number of fused-ring (bicyclic) bond motifs is 3. The van der Waals surface area contributed by atoms with Crippen molar-refractivity contribution < 1.29 is 23.8 Å². The molecule has 4 rings (SSSR count). The predicted octanol–water partition coefficient (Wildman–Crippen LogP) is 5.48. The molecule has 1 aliphatic heterocycles. The Hall–Kier alpha value is -2.77. The molecule has 0 amide bonds. The molecule has 2 aromatic heterocycles. The lowest BCUT2D eigenvalue weighted by Gasteiger charge is -2.20. The van der Waals surface area contributed by atoms with Crippen LogP contribution in [0.2, 0.25) is 0 Å². The van der Waals surface area contributed by atoms with Crippen LogP contribution in [-0.4, -0.2) is 45.5 Å². The van der Waals surface area contributed by atoms with E-state index in [1.807, 2.05) is 58.9 Å². The first-order valence-corrected chi connectivity index (χ1v) is 11.0. The van der Waals surface area contributed by atoms with Gasteiger partial charge in [-0.3, -0.25) is 9.78 Å². The SMILES string of the molecule is CC(C)(C)OC(=O)n1c2ccccc2c2cc(C(=O)CCCC3COC(C)(C)O3)ncc21. The first-order valence-electron chi connectivity index (χ1n) is 11.0. The monoisotopic (exact) mass is 438 g/mol. The molecule has 0 spiro atoms. The fourth-order valence-electron chi connectivity index (χ4n) is 4.05. The van der Waals surface area contributed by atoms with E-state index in [1.54, 1.807) is 12.3 Å². The van der Waals surface area contributed by atoms with Crippen molar-refractivity contribution in [2.24, 2.45) is 0 Å². The summed E-state index contributed by atoms with van der Waals surface area (Å²) in [7, 11) is 0. The molecule has 1 atom stereocenters. The molecule has 170 valence electrons. The fourth-order valence-corrected chi connectivity index (χ4v) is 4.05. The standard InChI is InChI=1S/C25H30N2O5/c1-24(2,3)32-23(29)27-20-11-7-6-10-17(20)18-13-19(26-14-21(18)27)22(28)12-8-9-16-15-30-25(4,5)31-16/h6-7,10-11,13-14,16H,8-9,12,15H2,1-5H3. The average Bonchev–Trinajstić information content (AvgIpc) is 3.22. The van der Waals surface area contributed by atoms with Gasteiger partial charge in [0.25, 0.3) is 0 Å². The number of para-hydroxylation sites is 1. The third kappa shape index (κ3) is 4.69. The van der Waals surface area contributed by atoms with Gasteiger partial charge >= 0.3 is 6.09 Å². The molecule has 32 heavy (non-hydrogen) atoms. The number of hydrogen-bond donors (Lipinski definition) is 0. The first-order chi connectivity index (χ1) is 15.0. The van der Waals surface area contributed by atoms with Crippen LogP contribution in [0.25, 0.3) is 21.8 Å². The Bertz CT molecular complexity index is 1170. The van der Waals surface area contributed by atoms with E-state index in [0.29, 0.717) is 30.7 Å². The Morgan fingerprint density at radius 3 is 2.62 bits per heavy atom. The fraction of sp³-hybridized carbons (Fsp3) is 0.480. The zero-order chi connectivity index (χ0) is 23.1. The molecule has 3 heterocycles. The minimum atomic E-state index is -0.624. The Balaban J connectivity index is 1.57. The molecule has 0 aliphatic carbocycles. The van der Waals surface area contributed by atoms with Gasteiger partial charge in [-0.15, -0.1) is 0 Å². The van der Waals surface area contributed by atoms with Gasteiger partial charge in [-0.05, 0) is 59.6 Å². The number of rotatable bonds is 5. The van der Waals surface area contributed by atoms with Crippen LogP contribution in [0.1, 0.15) is 64.4 Å². The lowest BCUT2D eigenvalue weighted by Crippen LogP contribution is -2.27. The van der Waals surface area contributed by atoms with E-state index in [1.165, 1.54) is 4.57 Å². The van der Waals surface area contributed by atoms with Gasteiger partial charge in [-0.25, -0.2) is 9.36 Å². The molecular formula is C25H30N2O5. The molecule has 1 saturated heterocycles. The molecule has 1 aliphatic rings. The molecule has 0 radical (unpaired) electrons. The van der Waals surface area contributed by atoms with Crippen molar-refractivity contribution in [2.45, 2.75) is 71.4 Å². The van der Waals surface area contributed by atoms with Crippen LogP contribution in [0.3, 0.4) is 0 Å². The molecule has 1 aromatic carbocycles. The number of ketones is 1. The van der Waals surface area contributed by atoms with E-state index >= 15 is 0 Å². The van der Waals surface area contributed by atoms with E-state index in [4.69, 9.17) is 14.2 Å². The second-order valence-electron chi connectivity index (χ2n) is 9.69. The molecule has 0 bridgehead atoms. The maximum Gasteiger partial charge on any atom is 0.419 e. The van der Waals surface area contributed by atoms with E-state index < -0.39 is 17.5 Å². The van der Waals surface area contributed by atoms with E-state index in [-0.39, 0.29) is 11.9 Å². The molecule has 0 N–H and O–H groups in total. The molecule has 1 unspecified atom stereocenters. The number of ether oxygens (including phenoxy) is 3. The van der Waals surface area contributed by atoms with Gasteiger partial charge in [0.15, 0.2) is 11.6 Å². The summed E-state index contributed by atoms with van der Waals surface area (Å²) in [6.45, 7) is 9.83. The predicted molar refractivity (Wildman–Crippen MR) is 122 cm³/mol. The van der Waals surface area contributed by atoms with E-state index in [9.17, 15) is 9.59 Å². The van der Waals surface area contributed by atoms with Crippen molar-refractivity contribution in [1.29, 1.82) is 0 Å². The molecule has 3 aromatic rings. The zero-order valence-corrected chi connectivity index (χ0v) is 19.3.